The number of carbonyl (C=O) groups excluding carboxylic acids is 2. The van der Waals surface area contributed by atoms with E-state index in [1.165, 1.54) is 23.1 Å². The highest BCUT2D eigenvalue weighted by Crippen LogP contribution is 2.51. The topological polar surface area (TPSA) is 135 Å². The van der Waals surface area contributed by atoms with Gasteiger partial charge in [0.05, 0.1) is 37.3 Å². The van der Waals surface area contributed by atoms with Gasteiger partial charge in [0.2, 0.25) is 5.91 Å². The number of aliphatic hydroxyl groups is 1. The first-order valence-electron chi connectivity index (χ1n) is 18.7. The molecular formula is C43H47N4O6PS2Si. The minimum atomic E-state index is -3.28. The number of nitrogens with zero attached hydrogens (tertiary/aromatic N) is 4. The highest BCUT2D eigenvalue weighted by molar-refractivity contribution is 8.01. The highest BCUT2D eigenvalue weighted by Gasteiger charge is 2.59. The number of methoxy groups -OCH3 is 1. The average Bonchev–Trinajstić information content (AvgIpc) is 3.75. The largest absolute Gasteiger partial charge is 0.497 e. The molecule has 0 bridgehead atoms. The number of hydrogen-bond acceptors (Lipinski definition) is 11. The van der Waals surface area contributed by atoms with Gasteiger partial charge in [0, 0.05) is 25.0 Å². The number of carbonyl (C=O) groups is 2. The molecule has 0 radical (unpaired) electrons. The summed E-state index contributed by atoms with van der Waals surface area (Å²) in [5.74, 6) is -1.64. The molecule has 0 unspecified atom stereocenters. The number of nitriles is 1. The van der Waals surface area contributed by atoms with Gasteiger partial charge in [-0.15, -0.1) is 10.2 Å². The van der Waals surface area contributed by atoms with Gasteiger partial charge in [0.25, 0.3) is 0 Å². The Morgan fingerprint density at radius 3 is 1.98 bits per heavy atom. The molecule has 4 aromatic carbocycles. The van der Waals surface area contributed by atoms with Crippen molar-refractivity contribution in [1.82, 2.24) is 15.1 Å². The summed E-state index contributed by atoms with van der Waals surface area (Å²) in [4.78, 5) is 32.3. The standard InChI is InChI=1S/C43H47N4O6PS2Si/c1-30(53-57(3,4)5)38-39(36(25-26-44)37(48)28-55-43-46-45-29-56-43)47(40(38)49)41(42(50)52-27-31-21-23-32(51-2)24-22-31)54(33-15-9-6-10-16-33,34-17-11-7-12-18-34)35-19-13-8-14-20-35/h6-24,29-30,36-39,48H,25,27-28H2,1-5H3/t30-,36+,37+,38-,39-/m1/s1. The number of β-lactam (4-membered cyclic amide) rings is 1. The van der Waals surface area contributed by atoms with Crippen LogP contribution in [0.1, 0.15) is 18.9 Å². The first-order chi connectivity index (χ1) is 27.5. The van der Waals surface area contributed by atoms with Crippen LogP contribution in [-0.4, -0.2) is 76.9 Å². The summed E-state index contributed by atoms with van der Waals surface area (Å²) in [5, 5.41) is 33.0. The van der Waals surface area contributed by atoms with E-state index in [1.54, 1.807) is 29.7 Å². The number of amides is 1. The van der Waals surface area contributed by atoms with Crippen LogP contribution in [0.3, 0.4) is 0 Å². The van der Waals surface area contributed by atoms with E-state index >= 15 is 9.59 Å². The fourth-order valence-corrected chi connectivity index (χ4v) is 14.7. The molecule has 57 heavy (non-hydrogen) atoms. The molecule has 1 fully saturated rings. The molecule has 5 aromatic rings. The molecule has 1 aromatic heterocycles. The summed E-state index contributed by atoms with van der Waals surface area (Å²) in [7, 11) is -0.608. The second-order valence-corrected chi connectivity index (χ2v) is 24.6. The van der Waals surface area contributed by atoms with Gasteiger partial charge in [-0.1, -0.05) is 126 Å². The van der Waals surface area contributed by atoms with Crippen molar-refractivity contribution >= 4 is 71.5 Å². The fourth-order valence-electron chi connectivity index (χ4n) is 7.54. The molecule has 296 valence electrons. The van der Waals surface area contributed by atoms with E-state index in [0.717, 1.165) is 21.5 Å². The number of hydrogen-bond donors (Lipinski definition) is 1. The second-order valence-electron chi connectivity index (χ2n) is 14.7. The van der Waals surface area contributed by atoms with Crippen molar-refractivity contribution in [2.24, 2.45) is 11.8 Å². The predicted molar refractivity (Wildman–Crippen MR) is 231 cm³/mol. The smallest absolute Gasteiger partial charge is 0.356 e. The van der Waals surface area contributed by atoms with Crippen molar-refractivity contribution in [2.45, 2.75) is 62.2 Å². The van der Waals surface area contributed by atoms with Crippen molar-refractivity contribution < 1.29 is 28.6 Å². The van der Waals surface area contributed by atoms with Gasteiger partial charge in [-0.2, -0.15) is 5.26 Å². The first kappa shape index (κ1) is 42.1. The lowest BCUT2D eigenvalue weighted by Crippen LogP contribution is -2.72. The Morgan fingerprint density at radius 2 is 1.51 bits per heavy atom. The van der Waals surface area contributed by atoms with Crippen molar-refractivity contribution in [3.8, 4) is 11.8 Å². The molecule has 1 saturated heterocycles. The molecule has 14 heteroatoms. The van der Waals surface area contributed by atoms with E-state index in [1.807, 2.05) is 110 Å². The zero-order valence-corrected chi connectivity index (χ0v) is 36.1. The van der Waals surface area contributed by atoms with E-state index < -0.39 is 51.3 Å². The monoisotopic (exact) mass is 838 g/mol. The Hall–Kier alpha value is -4.54. The molecule has 1 aliphatic rings. The summed E-state index contributed by atoms with van der Waals surface area (Å²) >= 11 is 2.70. The van der Waals surface area contributed by atoms with Gasteiger partial charge in [0.15, 0.2) is 12.7 Å². The molecule has 0 saturated carbocycles. The average molecular weight is 839 g/mol. The van der Waals surface area contributed by atoms with Crippen molar-refractivity contribution in [3.05, 3.63) is 126 Å². The number of esters is 1. The van der Waals surface area contributed by atoms with Crippen LogP contribution in [0.2, 0.25) is 19.6 Å². The maximum Gasteiger partial charge on any atom is 0.356 e. The number of thioether (sulfide) groups is 1. The lowest BCUT2D eigenvalue weighted by atomic mass is 9.73. The fraction of sp³-hybridized carbons (Fsp3) is 0.302. The van der Waals surface area contributed by atoms with E-state index in [9.17, 15) is 10.4 Å². The van der Waals surface area contributed by atoms with Gasteiger partial charge in [-0.3, -0.25) is 4.79 Å². The normalized spacial score (nSPS) is 17.1. The summed E-state index contributed by atoms with van der Waals surface area (Å²) in [6.45, 7) is 4.71. The Kier molecular flexibility index (Phi) is 13.9. The van der Waals surface area contributed by atoms with E-state index in [-0.39, 0.29) is 30.1 Å². The van der Waals surface area contributed by atoms with Crippen LogP contribution in [-0.2, 0) is 25.4 Å². The summed E-state index contributed by atoms with van der Waals surface area (Å²) in [6, 6.07) is 38.1. The van der Waals surface area contributed by atoms with Crippen molar-refractivity contribution in [2.75, 3.05) is 12.9 Å². The predicted octanol–water partition coefficient (Wildman–Crippen LogP) is 6.46. The molecule has 1 amide bonds. The van der Waals surface area contributed by atoms with Crippen molar-refractivity contribution in [1.29, 1.82) is 5.26 Å². The zero-order valence-electron chi connectivity index (χ0n) is 32.6. The molecule has 10 nitrogen and oxygen atoms in total. The number of aromatic nitrogens is 2. The summed E-state index contributed by atoms with van der Waals surface area (Å²) in [5.41, 5.74) is 2.54. The Bertz CT molecular complexity index is 2100. The Morgan fingerprint density at radius 1 is 0.947 bits per heavy atom. The third kappa shape index (κ3) is 9.28. The molecule has 1 N–H and O–H groups in total. The first-order valence-corrected chi connectivity index (χ1v) is 25.7. The van der Waals surface area contributed by atoms with Gasteiger partial charge >= 0.3 is 5.97 Å². The lowest BCUT2D eigenvalue weighted by Gasteiger charge is -2.55. The van der Waals surface area contributed by atoms with Crippen LogP contribution in [0, 0.1) is 23.2 Å². The number of likely N-dealkylation sites (tertiary alicyclic amines) is 1. The minimum Gasteiger partial charge on any atom is -0.497 e. The third-order valence-electron chi connectivity index (χ3n) is 9.90. The van der Waals surface area contributed by atoms with E-state index in [4.69, 9.17) is 13.9 Å². The SMILES string of the molecule is COc1ccc(COC(=O)C(N2C(=O)[C@H]([C@@H](C)O[Si](C)(C)C)[C@H]2[C@@H](CC#N)[C@@H](O)CSc2nncs2)=P(c2ccccc2)(c2ccccc2)c2ccccc2)cc1. The van der Waals surface area contributed by atoms with Gasteiger partial charge in [-0.05, 0) is 60.2 Å². The lowest BCUT2D eigenvalue weighted by molar-refractivity contribution is -0.163. The van der Waals surface area contributed by atoms with Crippen LogP contribution < -0.4 is 20.7 Å². The quantitative estimate of drug-likeness (QED) is 0.0366. The Balaban J connectivity index is 1.64. The highest BCUT2D eigenvalue weighted by atomic mass is 32.2. The molecule has 6 rings (SSSR count). The third-order valence-corrected chi connectivity index (χ3v) is 17.2. The molecule has 0 spiro atoms. The maximum absolute atomic E-state index is 15.4. The summed E-state index contributed by atoms with van der Waals surface area (Å²) < 4.78 is 18.9. The number of aliphatic hydroxyl groups excluding tert-OH is 1. The van der Waals surface area contributed by atoms with E-state index in [0.29, 0.717) is 10.1 Å². The molecular weight excluding hydrogens is 792 g/mol. The number of ether oxygens (including phenoxy) is 2. The van der Waals surface area contributed by atoms with Crippen LogP contribution in [0.25, 0.3) is 0 Å². The van der Waals surface area contributed by atoms with Gasteiger partial charge in [-0.25, -0.2) is 4.79 Å². The zero-order chi connectivity index (χ0) is 40.6. The minimum absolute atomic E-state index is 0.0707. The van der Waals surface area contributed by atoms with Crippen LogP contribution in [0.5, 0.6) is 5.75 Å². The maximum atomic E-state index is 15.4. The van der Waals surface area contributed by atoms with Gasteiger partial charge in [0.1, 0.15) is 23.3 Å². The van der Waals surface area contributed by atoms with Crippen LogP contribution >= 0.6 is 30.0 Å². The number of rotatable bonds is 17. The van der Waals surface area contributed by atoms with Crippen LogP contribution in [0.4, 0.5) is 0 Å². The summed E-state index contributed by atoms with van der Waals surface area (Å²) in [6.07, 6.45) is -1.70. The van der Waals surface area contributed by atoms with E-state index in [2.05, 4.69) is 35.9 Å². The number of benzene rings is 4. The second kappa shape index (κ2) is 18.8. The van der Waals surface area contributed by atoms with Crippen molar-refractivity contribution in [3.63, 3.8) is 0 Å². The molecule has 1 aliphatic heterocycles. The molecule has 2 heterocycles. The van der Waals surface area contributed by atoms with Gasteiger partial charge < -0.3 is 23.9 Å². The Labute approximate surface area is 343 Å². The van der Waals surface area contributed by atoms with Crippen LogP contribution in [0.15, 0.2) is 125 Å². The molecule has 5 atom stereocenters. The molecule has 0 aliphatic carbocycles.